The van der Waals surface area contributed by atoms with Crippen LogP contribution in [0.1, 0.15) is 41.5 Å². The van der Waals surface area contributed by atoms with Gasteiger partial charge in [-0.15, -0.1) is 0 Å². The van der Waals surface area contributed by atoms with Gasteiger partial charge in [0.25, 0.3) is 0 Å². The molecule has 0 aliphatic heterocycles. The van der Waals surface area contributed by atoms with Gasteiger partial charge in [-0.1, -0.05) is 15.9 Å². The third-order valence-corrected chi connectivity index (χ3v) is 4.19. The molecule has 0 atom stereocenters. The number of fused-ring (bicyclic) bond motifs is 1. The highest BCUT2D eigenvalue weighted by Crippen LogP contribution is 2.33. The predicted molar refractivity (Wildman–Crippen MR) is 112 cm³/mol. The number of benzene rings is 1. The minimum atomic E-state index is -0.954. The van der Waals surface area contributed by atoms with Gasteiger partial charge >= 0.3 is 12.2 Å². The predicted octanol–water partition coefficient (Wildman–Crippen LogP) is 6.58. The maximum Gasteiger partial charge on any atom is 0.425 e. The Hall–Kier alpha value is -1.74. The van der Waals surface area contributed by atoms with Crippen molar-refractivity contribution < 1.29 is 23.5 Å². The molecule has 9 heteroatoms. The van der Waals surface area contributed by atoms with Crippen molar-refractivity contribution in [3.63, 3.8) is 0 Å². The number of hydrogen-bond donors (Lipinski definition) is 0. The highest BCUT2D eigenvalue weighted by molar-refractivity contribution is 9.10. The highest BCUT2D eigenvalue weighted by atomic mass is 79.9. The van der Waals surface area contributed by atoms with Gasteiger partial charge in [-0.3, -0.25) is 0 Å². The number of carbonyl (C=O) groups is 2. The summed E-state index contributed by atoms with van der Waals surface area (Å²) < 4.78 is 25.6. The highest BCUT2D eigenvalue weighted by Gasteiger charge is 2.35. The van der Waals surface area contributed by atoms with E-state index in [0.717, 1.165) is 0 Å². The van der Waals surface area contributed by atoms with Gasteiger partial charge in [0, 0.05) is 9.86 Å². The van der Waals surface area contributed by atoms with Gasteiger partial charge in [0.05, 0.1) is 9.99 Å². The van der Waals surface area contributed by atoms with Gasteiger partial charge in [-0.25, -0.2) is 19.0 Å². The van der Waals surface area contributed by atoms with Crippen molar-refractivity contribution in [1.29, 1.82) is 0 Å². The van der Waals surface area contributed by atoms with Gasteiger partial charge in [-0.2, -0.15) is 4.90 Å². The van der Waals surface area contributed by atoms with Gasteiger partial charge in [-0.05, 0) is 75.7 Å². The molecule has 0 saturated heterocycles. The number of carbonyl (C=O) groups excluding carboxylic acids is 2. The van der Waals surface area contributed by atoms with E-state index < -0.39 is 29.2 Å². The number of anilines is 1. The standard InChI is InChI=1S/C19H21Br2FN2O4/c1-18(2,3)27-16(25)24(17(26)28-19(4,5)6)15-12(21)9-11-13(22)7-10(20)8-14(11)23-15/h7-9H,1-6H3. The first kappa shape index (κ1) is 22.5. The fraction of sp³-hybridized carbons (Fsp3) is 0.421. The van der Waals surface area contributed by atoms with E-state index in [2.05, 4.69) is 36.8 Å². The van der Waals surface area contributed by atoms with Crippen LogP contribution in [0.25, 0.3) is 10.9 Å². The Kier molecular flexibility index (Phi) is 6.40. The van der Waals surface area contributed by atoms with Crippen LogP contribution in [0.5, 0.6) is 0 Å². The molecule has 0 aliphatic carbocycles. The van der Waals surface area contributed by atoms with Crippen molar-refractivity contribution in [1.82, 2.24) is 4.98 Å². The summed E-state index contributed by atoms with van der Waals surface area (Å²) in [7, 11) is 0. The Balaban J connectivity index is 2.63. The van der Waals surface area contributed by atoms with Crippen LogP contribution >= 0.6 is 31.9 Å². The van der Waals surface area contributed by atoms with Crippen LogP contribution in [0.4, 0.5) is 19.8 Å². The molecule has 152 valence electrons. The molecule has 0 saturated carbocycles. The summed E-state index contributed by atoms with van der Waals surface area (Å²) in [6, 6.07) is 4.33. The molecule has 2 amide bonds. The number of amides is 2. The van der Waals surface area contributed by atoms with Gasteiger partial charge < -0.3 is 9.47 Å². The second-order valence-corrected chi connectivity index (χ2v) is 9.81. The zero-order chi connectivity index (χ0) is 21.4. The summed E-state index contributed by atoms with van der Waals surface area (Å²) in [5.41, 5.74) is -1.45. The van der Waals surface area contributed by atoms with E-state index in [1.54, 1.807) is 47.6 Å². The summed E-state index contributed by atoms with van der Waals surface area (Å²) in [4.78, 5) is 30.5. The molecule has 0 N–H and O–H groups in total. The van der Waals surface area contributed by atoms with E-state index in [0.29, 0.717) is 9.37 Å². The van der Waals surface area contributed by atoms with Crippen LogP contribution in [0.15, 0.2) is 27.1 Å². The van der Waals surface area contributed by atoms with Crippen molar-refractivity contribution in [3.8, 4) is 0 Å². The molecular weight excluding hydrogens is 499 g/mol. The number of nitrogens with zero attached hydrogens (tertiary/aromatic N) is 2. The molecule has 2 aromatic rings. The molecule has 0 fully saturated rings. The van der Waals surface area contributed by atoms with Gasteiger partial charge in [0.2, 0.25) is 0 Å². The zero-order valence-corrected chi connectivity index (χ0v) is 19.6. The molecule has 1 aromatic heterocycles. The molecule has 1 heterocycles. The second kappa shape index (κ2) is 7.94. The first-order chi connectivity index (χ1) is 12.7. The maximum atomic E-state index is 14.2. The van der Waals surface area contributed by atoms with E-state index in [1.165, 1.54) is 12.1 Å². The number of halogens is 3. The number of rotatable bonds is 1. The fourth-order valence-corrected chi connectivity index (χ4v) is 3.10. The van der Waals surface area contributed by atoms with Crippen molar-refractivity contribution in [2.45, 2.75) is 52.7 Å². The van der Waals surface area contributed by atoms with Crippen molar-refractivity contribution in [2.75, 3.05) is 4.90 Å². The van der Waals surface area contributed by atoms with Crippen LogP contribution < -0.4 is 4.90 Å². The summed E-state index contributed by atoms with van der Waals surface area (Å²) in [6.45, 7) is 10.0. The van der Waals surface area contributed by atoms with Crippen molar-refractivity contribution in [2.24, 2.45) is 0 Å². The molecule has 28 heavy (non-hydrogen) atoms. The fourth-order valence-electron chi connectivity index (χ4n) is 2.18. The van der Waals surface area contributed by atoms with Crippen LogP contribution in [-0.2, 0) is 9.47 Å². The molecule has 2 rings (SSSR count). The Labute approximate surface area is 179 Å². The average molecular weight is 520 g/mol. The molecular formula is C19H21Br2FN2O4. The molecule has 0 spiro atoms. The maximum absolute atomic E-state index is 14.2. The van der Waals surface area contributed by atoms with Crippen LogP contribution in [0.2, 0.25) is 0 Å². The van der Waals surface area contributed by atoms with Crippen LogP contribution in [0.3, 0.4) is 0 Å². The third kappa shape index (κ3) is 5.64. The molecule has 6 nitrogen and oxygen atoms in total. The van der Waals surface area contributed by atoms with E-state index in [-0.39, 0.29) is 21.2 Å². The van der Waals surface area contributed by atoms with E-state index in [1.807, 2.05) is 0 Å². The Morgan fingerprint density at radius 3 is 1.93 bits per heavy atom. The quantitative estimate of drug-likeness (QED) is 0.425. The SMILES string of the molecule is CC(C)(C)OC(=O)N(C(=O)OC(C)(C)C)c1nc2cc(Br)cc(F)c2cc1Br. The molecule has 0 aliphatic rings. The van der Waals surface area contributed by atoms with Crippen molar-refractivity contribution in [3.05, 3.63) is 33.0 Å². The zero-order valence-electron chi connectivity index (χ0n) is 16.4. The average Bonchev–Trinajstić information content (AvgIpc) is 2.45. The van der Waals surface area contributed by atoms with E-state index >= 15 is 0 Å². The van der Waals surface area contributed by atoms with E-state index in [4.69, 9.17) is 9.47 Å². The Morgan fingerprint density at radius 1 is 0.964 bits per heavy atom. The number of ether oxygens (including phenoxy) is 2. The number of imide groups is 1. The van der Waals surface area contributed by atoms with Gasteiger partial charge in [0.1, 0.15) is 17.0 Å². The molecule has 0 bridgehead atoms. The van der Waals surface area contributed by atoms with Crippen LogP contribution in [-0.4, -0.2) is 28.4 Å². The topological polar surface area (TPSA) is 68.7 Å². The lowest BCUT2D eigenvalue weighted by atomic mass is 10.2. The second-order valence-electron chi connectivity index (χ2n) is 8.04. The monoisotopic (exact) mass is 518 g/mol. The Morgan fingerprint density at radius 2 is 1.46 bits per heavy atom. The lowest BCUT2D eigenvalue weighted by Crippen LogP contribution is -2.44. The lowest BCUT2D eigenvalue weighted by molar-refractivity contribution is 0.0429. The number of aromatic nitrogens is 1. The summed E-state index contributed by atoms with van der Waals surface area (Å²) in [5.74, 6) is -0.557. The van der Waals surface area contributed by atoms with Gasteiger partial charge in [0.15, 0.2) is 5.82 Å². The first-order valence-electron chi connectivity index (χ1n) is 8.39. The van der Waals surface area contributed by atoms with Crippen LogP contribution in [0, 0.1) is 5.82 Å². The van der Waals surface area contributed by atoms with E-state index in [9.17, 15) is 14.0 Å². The van der Waals surface area contributed by atoms with Crippen molar-refractivity contribution >= 4 is 60.8 Å². The summed E-state index contributed by atoms with van der Waals surface area (Å²) >= 11 is 6.48. The number of hydrogen-bond acceptors (Lipinski definition) is 5. The normalized spacial score (nSPS) is 12.0. The number of pyridine rings is 1. The third-order valence-electron chi connectivity index (χ3n) is 3.15. The summed E-state index contributed by atoms with van der Waals surface area (Å²) in [5, 5.41) is 0.229. The summed E-state index contributed by atoms with van der Waals surface area (Å²) in [6.07, 6.45) is -1.91. The lowest BCUT2D eigenvalue weighted by Gasteiger charge is -2.28. The largest absolute Gasteiger partial charge is 0.443 e. The minimum Gasteiger partial charge on any atom is -0.443 e. The first-order valence-corrected chi connectivity index (χ1v) is 9.98. The Bertz CT molecular complexity index is 908. The minimum absolute atomic E-state index is 0.0616. The molecule has 0 radical (unpaired) electrons. The molecule has 0 unspecified atom stereocenters. The molecule has 1 aromatic carbocycles. The smallest absolute Gasteiger partial charge is 0.425 e.